The van der Waals surface area contributed by atoms with Gasteiger partial charge in [0.05, 0.1) is 22.9 Å². The highest BCUT2D eigenvalue weighted by Gasteiger charge is 2.33. The first-order valence-corrected chi connectivity index (χ1v) is 8.95. The van der Waals surface area contributed by atoms with Gasteiger partial charge in [-0.15, -0.1) is 0 Å². The summed E-state index contributed by atoms with van der Waals surface area (Å²) in [4.78, 5) is 12.2. The molecule has 1 atom stereocenters. The Morgan fingerprint density at radius 2 is 2.09 bits per heavy atom. The maximum absolute atomic E-state index is 12.2. The van der Waals surface area contributed by atoms with Crippen molar-refractivity contribution in [2.75, 3.05) is 5.32 Å². The predicted molar refractivity (Wildman–Crippen MR) is 85.2 cm³/mol. The molecule has 0 spiro atoms. The zero-order chi connectivity index (χ0) is 15.3. The number of nitrogens with one attached hydrogen (secondary N) is 1. The van der Waals surface area contributed by atoms with Crippen LogP contribution in [0.25, 0.3) is 5.69 Å². The Kier molecular flexibility index (Phi) is 3.14. The molecule has 1 N–H and O–H groups in total. The Hall–Kier alpha value is -1.95. The third-order valence-electron chi connectivity index (χ3n) is 4.20. The summed E-state index contributed by atoms with van der Waals surface area (Å²) >= 11 is 0. The van der Waals surface area contributed by atoms with E-state index in [1.165, 1.54) is 0 Å². The molecule has 2 aromatic rings. The van der Waals surface area contributed by atoms with Gasteiger partial charge in [0.25, 0.3) is 0 Å². The van der Waals surface area contributed by atoms with Gasteiger partial charge in [-0.05, 0) is 31.4 Å². The third kappa shape index (κ3) is 2.27. The van der Waals surface area contributed by atoms with Crippen LogP contribution in [0, 0.1) is 12.8 Å². The summed E-state index contributed by atoms with van der Waals surface area (Å²) in [5, 5.41) is 7.64. The molecule has 1 amide bonds. The lowest BCUT2D eigenvalue weighted by atomic mass is 10.2. The van der Waals surface area contributed by atoms with Crippen molar-refractivity contribution < 1.29 is 9.00 Å². The van der Waals surface area contributed by atoms with Crippen molar-refractivity contribution in [1.82, 2.24) is 9.78 Å². The number of carbonyl (C=O) groups is 1. The first-order chi connectivity index (χ1) is 10.6. The average Bonchev–Trinajstić information content (AvgIpc) is 3.21. The number of rotatable bonds is 3. The van der Waals surface area contributed by atoms with Crippen LogP contribution >= 0.6 is 0 Å². The van der Waals surface area contributed by atoms with Gasteiger partial charge < -0.3 is 5.32 Å². The molecule has 2 heterocycles. The smallest absolute Gasteiger partial charge is 0.228 e. The Bertz CT molecular complexity index is 793. The number of amides is 1. The Morgan fingerprint density at radius 3 is 2.82 bits per heavy atom. The number of fused-ring (bicyclic) bond motifs is 1. The molecule has 0 unspecified atom stereocenters. The number of anilines is 1. The van der Waals surface area contributed by atoms with Crippen LogP contribution < -0.4 is 5.32 Å². The monoisotopic (exact) mass is 315 g/mol. The summed E-state index contributed by atoms with van der Waals surface area (Å²) in [5.74, 6) is 1.83. The minimum absolute atomic E-state index is 0.0511. The normalized spacial score (nSPS) is 20.0. The first kappa shape index (κ1) is 13.7. The van der Waals surface area contributed by atoms with Crippen molar-refractivity contribution in [1.29, 1.82) is 0 Å². The zero-order valence-electron chi connectivity index (χ0n) is 12.3. The van der Waals surface area contributed by atoms with E-state index < -0.39 is 10.8 Å². The second-order valence-corrected chi connectivity index (χ2v) is 7.42. The molecule has 1 aromatic heterocycles. The zero-order valence-corrected chi connectivity index (χ0v) is 13.2. The summed E-state index contributed by atoms with van der Waals surface area (Å²) in [6.07, 6.45) is 1.91. The number of benzene rings is 1. The molecule has 4 rings (SSSR count). The summed E-state index contributed by atoms with van der Waals surface area (Å²) in [7, 11) is -0.906. The molecule has 1 aliphatic carbocycles. The number of aromatic nitrogens is 2. The molecular weight excluding hydrogens is 298 g/mol. The highest BCUT2D eigenvalue weighted by Crippen LogP contribution is 2.35. The van der Waals surface area contributed by atoms with Crippen LogP contribution in [0.1, 0.15) is 29.7 Å². The van der Waals surface area contributed by atoms with E-state index in [2.05, 4.69) is 10.4 Å². The maximum atomic E-state index is 12.2. The fraction of sp³-hybridized carbons (Fsp3) is 0.375. The maximum Gasteiger partial charge on any atom is 0.228 e. The average molecular weight is 315 g/mol. The fourth-order valence-corrected chi connectivity index (χ4v) is 4.06. The van der Waals surface area contributed by atoms with Gasteiger partial charge in [0.2, 0.25) is 5.91 Å². The summed E-state index contributed by atoms with van der Waals surface area (Å²) in [5.41, 5.74) is 3.81. The van der Waals surface area contributed by atoms with Crippen molar-refractivity contribution in [3.05, 3.63) is 41.1 Å². The highest BCUT2D eigenvalue weighted by atomic mass is 32.2. The van der Waals surface area contributed by atoms with Crippen molar-refractivity contribution in [3.8, 4) is 5.69 Å². The topological polar surface area (TPSA) is 64.0 Å². The van der Waals surface area contributed by atoms with Gasteiger partial charge in [-0.2, -0.15) is 5.10 Å². The SMILES string of the molecule is Cc1ccccc1-n1nc2c(c1NC(=O)C1CC1)C[S@@](=O)C2. The van der Waals surface area contributed by atoms with Gasteiger partial charge in [-0.25, -0.2) is 4.68 Å². The van der Waals surface area contributed by atoms with Crippen molar-refractivity contribution >= 4 is 22.5 Å². The number of hydrogen-bond donors (Lipinski definition) is 1. The van der Waals surface area contributed by atoms with Gasteiger partial charge >= 0.3 is 0 Å². The molecular formula is C16H17N3O2S. The van der Waals surface area contributed by atoms with E-state index in [-0.39, 0.29) is 11.8 Å². The van der Waals surface area contributed by atoms with Crippen LogP contribution in [0.3, 0.4) is 0 Å². The number of hydrogen-bond acceptors (Lipinski definition) is 3. The minimum Gasteiger partial charge on any atom is -0.310 e. The Labute approximate surface area is 131 Å². The molecule has 0 radical (unpaired) electrons. The third-order valence-corrected chi connectivity index (χ3v) is 5.41. The van der Waals surface area contributed by atoms with Crippen molar-refractivity contribution in [3.63, 3.8) is 0 Å². The molecule has 22 heavy (non-hydrogen) atoms. The molecule has 1 saturated carbocycles. The number of nitrogens with zero attached hydrogens (tertiary/aromatic N) is 2. The largest absolute Gasteiger partial charge is 0.310 e. The van der Waals surface area contributed by atoms with Crippen molar-refractivity contribution in [2.45, 2.75) is 31.3 Å². The molecule has 114 valence electrons. The van der Waals surface area contributed by atoms with Gasteiger partial charge in [0.1, 0.15) is 5.82 Å². The van der Waals surface area contributed by atoms with E-state index in [9.17, 15) is 9.00 Å². The van der Waals surface area contributed by atoms with Gasteiger partial charge in [-0.3, -0.25) is 9.00 Å². The van der Waals surface area contributed by atoms with Crippen molar-refractivity contribution in [2.24, 2.45) is 5.92 Å². The van der Waals surface area contributed by atoms with E-state index in [4.69, 9.17) is 0 Å². The molecule has 0 bridgehead atoms. The summed E-state index contributed by atoms with van der Waals surface area (Å²) in [6.45, 7) is 2.02. The van der Waals surface area contributed by atoms with E-state index in [0.717, 1.165) is 35.3 Å². The van der Waals surface area contributed by atoms with E-state index in [1.807, 2.05) is 31.2 Å². The van der Waals surface area contributed by atoms with Crippen LogP contribution in [0.2, 0.25) is 0 Å². The van der Waals surface area contributed by atoms with E-state index in [1.54, 1.807) is 4.68 Å². The van der Waals surface area contributed by atoms with Crippen LogP contribution in [-0.4, -0.2) is 19.9 Å². The van der Waals surface area contributed by atoms with E-state index in [0.29, 0.717) is 17.3 Å². The number of carbonyl (C=O) groups excluding carboxylic acids is 1. The summed E-state index contributed by atoms with van der Waals surface area (Å²) < 4.78 is 13.6. The lowest BCUT2D eigenvalue weighted by Gasteiger charge is -2.12. The summed E-state index contributed by atoms with van der Waals surface area (Å²) in [6, 6.07) is 7.95. The number of aryl methyl sites for hydroxylation is 1. The van der Waals surface area contributed by atoms with Crippen LogP contribution in [0.15, 0.2) is 24.3 Å². The Balaban J connectivity index is 1.81. The van der Waals surface area contributed by atoms with Gasteiger partial charge in [0, 0.05) is 22.3 Å². The quantitative estimate of drug-likeness (QED) is 0.945. The molecule has 5 nitrogen and oxygen atoms in total. The molecule has 1 aromatic carbocycles. The van der Waals surface area contributed by atoms with Crippen LogP contribution in [0.4, 0.5) is 5.82 Å². The minimum atomic E-state index is -0.906. The number of para-hydroxylation sites is 1. The fourth-order valence-electron chi connectivity index (χ4n) is 2.80. The second-order valence-electron chi connectivity index (χ2n) is 5.96. The lowest BCUT2D eigenvalue weighted by molar-refractivity contribution is -0.117. The van der Waals surface area contributed by atoms with Gasteiger partial charge in [-0.1, -0.05) is 18.2 Å². The molecule has 2 aliphatic rings. The Morgan fingerprint density at radius 1 is 1.32 bits per heavy atom. The van der Waals surface area contributed by atoms with E-state index >= 15 is 0 Å². The molecule has 6 heteroatoms. The van der Waals surface area contributed by atoms with Crippen LogP contribution in [-0.2, 0) is 27.1 Å². The predicted octanol–water partition coefficient (Wildman–Crippen LogP) is 2.29. The van der Waals surface area contributed by atoms with Crippen LogP contribution in [0.5, 0.6) is 0 Å². The first-order valence-electron chi connectivity index (χ1n) is 7.46. The van der Waals surface area contributed by atoms with Gasteiger partial charge in [0.15, 0.2) is 0 Å². The standard InChI is InChI=1S/C16H17N3O2S/c1-10-4-2-3-5-14(10)19-15(17-16(20)11-6-7-11)12-8-22(21)9-13(12)18-19/h2-5,11H,6-9H2,1H3,(H,17,20)/t22-/m1/s1. The lowest BCUT2D eigenvalue weighted by Crippen LogP contribution is -2.18. The molecule has 0 saturated heterocycles. The molecule has 1 aliphatic heterocycles. The second kappa shape index (κ2) is 5.05. The highest BCUT2D eigenvalue weighted by molar-refractivity contribution is 7.83. The molecule has 1 fully saturated rings.